The summed E-state index contributed by atoms with van der Waals surface area (Å²) < 4.78 is 14.6. The summed E-state index contributed by atoms with van der Waals surface area (Å²) in [5.74, 6) is 1.59. The minimum Gasteiger partial charge on any atom is -0.370 e. The normalized spacial score (nSPS) is 22.7. The Morgan fingerprint density at radius 2 is 1.85 bits per heavy atom. The van der Waals surface area contributed by atoms with Crippen LogP contribution in [0.25, 0.3) is 22.2 Å². The Bertz CT molecular complexity index is 935. The smallest absolute Gasteiger partial charge is 0.107 e. The molecule has 0 bridgehead atoms. The Morgan fingerprint density at radius 3 is 2.56 bits per heavy atom. The van der Waals surface area contributed by atoms with Crippen LogP contribution < -0.4 is 4.90 Å². The number of aromatic nitrogens is 2. The summed E-state index contributed by atoms with van der Waals surface area (Å²) in [7, 11) is 2.22. The van der Waals surface area contributed by atoms with Crippen LogP contribution >= 0.6 is 0 Å². The highest BCUT2D eigenvalue weighted by Crippen LogP contribution is 2.33. The van der Waals surface area contributed by atoms with Crippen LogP contribution in [-0.2, 0) is 6.54 Å². The maximum Gasteiger partial charge on any atom is 0.107 e. The molecule has 0 saturated carbocycles. The molecule has 3 aromatic rings. The summed E-state index contributed by atoms with van der Waals surface area (Å²) in [6, 6.07) is 12.6. The molecule has 27 heavy (non-hydrogen) atoms. The topological polar surface area (TPSA) is 24.3 Å². The third-order valence-corrected chi connectivity index (χ3v) is 6.17. The largest absolute Gasteiger partial charge is 0.370 e. The molecule has 2 aromatic heterocycles. The van der Waals surface area contributed by atoms with Crippen molar-refractivity contribution in [3.63, 3.8) is 0 Å². The molecule has 5 heteroatoms. The Labute approximate surface area is 159 Å². The molecule has 5 rings (SSSR count). The van der Waals surface area contributed by atoms with Gasteiger partial charge < -0.3 is 14.4 Å². The second-order valence-corrected chi connectivity index (χ2v) is 8.02. The maximum absolute atomic E-state index is 12.7. The van der Waals surface area contributed by atoms with Crippen LogP contribution in [0.5, 0.6) is 0 Å². The van der Waals surface area contributed by atoms with Crippen LogP contribution in [0.4, 0.5) is 10.1 Å². The molecule has 1 aromatic carbocycles. The number of hydrogen-bond acceptors (Lipinski definition) is 3. The lowest BCUT2D eigenvalue weighted by Gasteiger charge is -2.21. The lowest BCUT2D eigenvalue weighted by molar-refractivity contribution is 0.387. The lowest BCUT2D eigenvalue weighted by Crippen LogP contribution is -2.26. The van der Waals surface area contributed by atoms with Gasteiger partial charge in [0.15, 0.2) is 0 Å². The Kier molecular flexibility index (Phi) is 4.12. The summed E-state index contributed by atoms with van der Waals surface area (Å²) >= 11 is 0. The number of pyridine rings is 1. The van der Waals surface area contributed by atoms with Crippen LogP contribution in [0, 0.1) is 11.8 Å². The predicted molar refractivity (Wildman–Crippen MR) is 108 cm³/mol. The summed E-state index contributed by atoms with van der Waals surface area (Å²) in [5.41, 5.74) is 4.39. The van der Waals surface area contributed by atoms with Gasteiger partial charge in [-0.25, -0.2) is 4.39 Å². The van der Waals surface area contributed by atoms with Crippen molar-refractivity contribution in [3.05, 3.63) is 48.8 Å². The average molecular weight is 364 g/mol. The molecular weight excluding hydrogens is 339 g/mol. The van der Waals surface area contributed by atoms with E-state index in [4.69, 9.17) is 4.98 Å². The fourth-order valence-corrected chi connectivity index (χ4v) is 4.83. The highest BCUT2D eigenvalue weighted by atomic mass is 19.1. The van der Waals surface area contributed by atoms with Gasteiger partial charge in [-0.2, -0.15) is 0 Å². The van der Waals surface area contributed by atoms with Crippen LogP contribution in [0.3, 0.4) is 0 Å². The summed E-state index contributed by atoms with van der Waals surface area (Å²) in [6.07, 6.45) is 3.96. The second-order valence-electron chi connectivity index (χ2n) is 8.02. The van der Waals surface area contributed by atoms with Gasteiger partial charge in [0, 0.05) is 48.8 Å². The van der Waals surface area contributed by atoms with Crippen molar-refractivity contribution in [2.45, 2.75) is 6.54 Å². The van der Waals surface area contributed by atoms with E-state index in [1.54, 1.807) is 0 Å². The van der Waals surface area contributed by atoms with Crippen molar-refractivity contribution in [3.8, 4) is 11.3 Å². The van der Waals surface area contributed by atoms with Gasteiger partial charge >= 0.3 is 0 Å². The summed E-state index contributed by atoms with van der Waals surface area (Å²) in [6.45, 7) is 4.78. The second kappa shape index (κ2) is 6.64. The SMILES string of the molecule is CN1CC2CN(c3ccc(-c4ccc5c(ccn5CCF)c4)nc3)CC2C1. The van der Waals surface area contributed by atoms with E-state index in [1.807, 2.05) is 23.0 Å². The Balaban J connectivity index is 1.35. The predicted octanol–water partition coefficient (Wildman–Crippen LogP) is 3.67. The van der Waals surface area contributed by atoms with Gasteiger partial charge in [0.25, 0.3) is 0 Å². The number of anilines is 1. The van der Waals surface area contributed by atoms with E-state index >= 15 is 0 Å². The molecule has 4 heterocycles. The quantitative estimate of drug-likeness (QED) is 0.706. The minimum atomic E-state index is -0.344. The zero-order chi connectivity index (χ0) is 18.4. The van der Waals surface area contributed by atoms with Gasteiger partial charge in [-0.05, 0) is 49.2 Å². The Hall–Kier alpha value is -2.40. The van der Waals surface area contributed by atoms with Crippen molar-refractivity contribution in [2.24, 2.45) is 11.8 Å². The van der Waals surface area contributed by atoms with Gasteiger partial charge in [-0.1, -0.05) is 6.07 Å². The number of fused-ring (bicyclic) bond motifs is 2. The number of benzene rings is 1. The summed E-state index contributed by atoms with van der Waals surface area (Å²) in [5, 5.41) is 1.13. The number of halogens is 1. The zero-order valence-corrected chi connectivity index (χ0v) is 15.7. The Morgan fingerprint density at radius 1 is 1.04 bits per heavy atom. The molecule has 2 unspecified atom stereocenters. The third kappa shape index (κ3) is 3.00. The zero-order valence-electron chi connectivity index (χ0n) is 15.7. The van der Waals surface area contributed by atoms with Crippen LogP contribution in [0.1, 0.15) is 0 Å². The molecule has 2 fully saturated rings. The molecular formula is C22H25FN4. The van der Waals surface area contributed by atoms with Gasteiger partial charge in [-0.3, -0.25) is 4.98 Å². The van der Waals surface area contributed by atoms with E-state index in [-0.39, 0.29) is 6.67 Å². The van der Waals surface area contributed by atoms with E-state index in [0.29, 0.717) is 6.54 Å². The van der Waals surface area contributed by atoms with Crippen molar-refractivity contribution < 1.29 is 4.39 Å². The number of rotatable bonds is 4. The first-order valence-corrected chi connectivity index (χ1v) is 9.76. The first-order chi connectivity index (χ1) is 13.2. The molecule has 0 N–H and O–H groups in total. The fraction of sp³-hybridized carbons (Fsp3) is 0.409. The number of aryl methyl sites for hydroxylation is 1. The minimum absolute atomic E-state index is 0.344. The number of likely N-dealkylation sites (tertiary alicyclic amines) is 1. The lowest BCUT2D eigenvalue weighted by atomic mass is 10.0. The van der Waals surface area contributed by atoms with E-state index in [1.165, 1.54) is 18.8 Å². The molecule has 2 aliphatic heterocycles. The van der Waals surface area contributed by atoms with Crippen molar-refractivity contribution >= 4 is 16.6 Å². The molecule has 2 aliphatic rings. The van der Waals surface area contributed by atoms with Gasteiger partial charge in [0.05, 0.1) is 24.1 Å². The molecule has 0 aliphatic carbocycles. The average Bonchev–Trinajstić information content (AvgIpc) is 3.35. The van der Waals surface area contributed by atoms with Crippen LogP contribution in [0.2, 0.25) is 0 Å². The molecule has 0 amide bonds. The molecule has 2 saturated heterocycles. The summed E-state index contributed by atoms with van der Waals surface area (Å²) in [4.78, 5) is 9.67. The van der Waals surface area contributed by atoms with Gasteiger partial charge in [0.2, 0.25) is 0 Å². The van der Waals surface area contributed by atoms with Crippen LogP contribution in [-0.4, -0.2) is 54.4 Å². The molecule has 2 atom stereocenters. The third-order valence-electron chi connectivity index (χ3n) is 6.17. The molecule has 0 radical (unpaired) electrons. The van der Waals surface area contributed by atoms with E-state index in [0.717, 1.165) is 47.1 Å². The van der Waals surface area contributed by atoms with Crippen molar-refractivity contribution in [2.75, 3.05) is 44.8 Å². The molecule has 0 spiro atoms. The van der Waals surface area contributed by atoms with Crippen molar-refractivity contribution in [1.29, 1.82) is 0 Å². The first kappa shape index (κ1) is 16.8. The van der Waals surface area contributed by atoms with E-state index < -0.39 is 0 Å². The highest BCUT2D eigenvalue weighted by Gasteiger charge is 2.38. The molecule has 4 nitrogen and oxygen atoms in total. The highest BCUT2D eigenvalue weighted by molar-refractivity contribution is 5.85. The van der Waals surface area contributed by atoms with Crippen molar-refractivity contribution in [1.82, 2.24) is 14.5 Å². The first-order valence-electron chi connectivity index (χ1n) is 9.76. The van der Waals surface area contributed by atoms with E-state index in [9.17, 15) is 4.39 Å². The fourth-order valence-electron chi connectivity index (χ4n) is 4.83. The van der Waals surface area contributed by atoms with Gasteiger partial charge in [0.1, 0.15) is 6.67 Å². The number of hydrogen-bond donors (Lipinski definition) is 0. The van der Waals surface area contributed by atoms with E-state index in [2.05, 4.69) is 47.2 Å². The molecule has 140 valence electrons. The monoisotopic (exact) mass is 364 g/mol. The number of alkyl halides is 1. The standard InChI is InChI=1S/C22H25FN4/c1-25-12-18-14-27(15-19(18)13-25)20-3-4-21(24-11-20)16-2-5-22-17(10-16)6-8-26(22)9-7-23/h2-6,8,10-11,18-19H,7,9,12-15H2,1H3. The maximum atomic E-state index is 12.7. The van der Waals surface area contributed by atoms with Crippen LogP contribution in [0.15, 0.2) is 48.8 Å². The van der Waals surface area contributed by atoms with Gasteiger partial charge in [-0.15, -0.1) is 0 Å². The number of nitrogens with zero attached hydrogens (tertiary/aromatic N) is 4.